The fourth-order valence-corrected chi connectivity index (χ4v) is 1.84. The number of carboxylic acids is 1. The highest BCUT2D eigenvalue weighted by atomic mass is 32.1. The molecule has 0 bridgehead atoms. The smallest absolute Gasteiger partial charge is 0.355 e. The van der Waals surface area contributed by atoms with Gasteiger partial charge in [0.2, 0.25) is 5.91 Å². The molecule has 0 unspecified atom stereocenters. The van der Waals surface area contributed by atoms with E-state index in [-0.39, 0.29) is 24.7 Å². The molecule has 1 heterocycles. The maximum atomic E-state index is 10.8. The molecule has 0 saturated heterocycles. The summed E-state index contributed by atoms with van der Waals surface area (Å²) in [4.78, 5) is 26.0. The summed E-state index contributed by atoms with van der Waals surface area (Å²) in [5.41, 5.74) is 5.14. The van der Waals surface area contributed by atoms with Gasteiger partial charge >= 0.3 is 5.97 Å². The second-order valence-corrected chi connectivity index (χ2v) is 4.09. The molecule has 0 saturated carbocycles. The molecule has 1 aromatic heterocycles. The minimum atomic E-state index is -1.06. The number of nitrogens with zero attached hydrogens (tertiary/aromatic N) is 1. The van der Waals surface area contributed by atoms with Gasteiger partial charge in [-0.1, -0.05) is 0 Å². The van der Waals surface area contributed by atoms with Gasteiger partial charge in [0, 0.05) is 4.88 Å². The molecule has 0 atom stereocenters. The predicted molar refractivity (Wildman–Crippen MR) is 54.7 cm³/mol. The Kier molecular flexibility index (Phi) is 3.75. The van der Waals surface area contributed by atoms with Gasteiger partial charge in [0.15, 0.2) is 5.69 Å². The summed E-state index contributed by atoms with van der Waals surface area (Å²) < 4.78 is 0. The van der Waals surface area contributed by atoms with Gasteiger partial charge in [-0.15, -0.1) is 11.3 Å². The molecule has 1 aromatic rings. The molecule has 1 rings (SSSR count). The fourth-order valence-electron chi connectivity index (χ4n) is 0.972. The zero-order chi connectivity index (χ0) is 11.4. The highest BCUT2D eigenvalue weighted by Crippen LogP contribution is 2.17. The van der Waals surface area contributed by atoms with Crippen LogP contribution in [0.5, 0.6) is 0 Å². The number of hydrogen-bond donors (Lipinski definition) is 3. The Morgan fingerprint density at radius 1 is 1.60 bits per heavy atom. The molecule has 1 amide bonds. The molecular formula is C8H11N3O3S. The Labute approximate surface area is 90.1 Å². The lowest BCUT2D eigenvalue weighted by molar-refractivity contribution is -0.119. The zero-order valence-corrected chi connectivity index (χ0v) is 8.93. The SMILES string of the molecule is Cc1sc(CNC(=O)CN)nc1C(=O)O. The van der Waals surface area contributed by atoms with Crippen LogP contribution in [0.3, 0.4) is 0 Å². The first-order chi connectivity index (χ1) is 7.04. The average Bonchev–Trinajstić information content (AvgIpc) is 2.56. The first-order valence-electron chi connectivity index (χ1n) is 4.21. The van der Waals surface area contributed by atoms with E-state index in [1.165, 1.54) is 11.3 Å². The van der Waals surface area contributed by atoms with Crippen LogP contribution in [0.25, 0.3) is 0 Å². The van der Waals surface area contributed by atoms with Crippen LogP contribution < -0.4 is 11.1 Å². The third-order valence-corrected chi connectivity index (χ3v) is 2.64. The van der Waals surface area contributed by atoms with Gasteiger partial charge in [0.1, 0.15) is 5.01 Å². The first-order valence-corrected chi connectivity index (χ1v) is 5.02. The van der Waals surface area contributed by atoms with Crippen LogP contribution in [0.4, 0.5) is 0 Å². The molecule has 7 heteroatoms. The molecule has 0 fully saturated rings. The molecule has 0 aliphatic heterocycles. The monoisotopic (exact) mass is 229 g/mol. The molecule has 6 nitrogen and oxygen atoms in total. The van der Waals surface area contributed by atoms with Crippen molar-refractivity contribution in [2.75, 3.05) is 6.54 Å². The van der Waals surface area contributed by atoms with Gasteiger partial charge in [0.25, 0.3) is 0 Å². The number of aromatic nitrogens is 1. The van der Waals surface area contributed by atoms with Gasteiger partial charge in [0.05, 0.1) is 13.1 Å². The van der Waals surface area contributed by atoms with Crippen molar-refractivity contribution in [3.05, 3.63) is 15.6 Å². The van der Waals surface area contributed by atoms with Gasteiger partial charge in [-0.3, -0.25) is 4.79 Å². The van der Waals surface area contributed by atoms with Crippen LogP contribution in [0.15, 0.2) is 0 Å². The van der Waals surface area contributed by atoms with Crippen molar-refractivity contribution in [1.82, 2.24) is 10.3 Å². The standard InChI is InChI=1S/C8H11N3O3S/c1-4-7(8(13)14)11-6(15-4)3-10-5(12)2-9/h2-3,9H2,1H3,(H,10,12)(H,13,14). The number of hydrogen-bond acceptors (Lipinski definition) is 5. The van der Waals surface area contributed by atoms with Crippen LogP contribution in [-0.4, -0.2) is 28.5 Å². The second-order valence-electron chi connectivity index (χ2n) is 2.80. The van der Waals surface area contributed by atoms with Crippen LogP contribution in [-0.2, 0) is 11.3 Å². The van der Waals surface area contributed by atoms with Crippen molar-refractivity contribution in [2.24, 2.45) is 5.73 Å². The largest absolute Gasteiger partial charge is 0.476 e. The van der Waals surface area contributed by atoms with Crippen LogP contribution in [0, 0.1) is 6.92 Å². The van der Waals surface area contributed by atoms with Gasteiger partial charge in [-0.05, 0) is 6.92 Å². The van der Waals surface area contributed by atoms with Crippen LogP contribution in [0.2, 0.25) is 0 Å². The number of aromatic carboxylic acids is 1. The fraction of sp³-hybridized carbons (Fsp3) is 0.375. The van der Waals surface area contributed by atoms with Crippen molar-refractivity contribution >= 4 is 23.2 Å². The summed E-state index contributed by atoms with van der Waals surface area (Å²) in [6, 6.07) is 0. The van der Waals surface area contributed by atoms with Gasteiger partial charge < -0.3 is 16.2 Å². The molecular weight excluding hydrogens is 218 g/mol. The molecule has 0 spiro atoms. The van der Waals surface area contributed by atoms with E-state index >= 15 is 0 Å². The molecule has 0 aliphatic carbocycles. The van der Waals surface area contributed by atoms with Crippen molar-refractivity contribution in [1.29, 1.82) is 0 Å². The number of carbonyl (C=O) groups is 2. The number of carbonyl (C=O) groups excluding carboxylic acids is 1. The van der Waals surface area contributed by atoms with Crippen LogP contribution >= 0.6 is 11.3 Å². The molecule has 0 radical (unpaired) electrons. The highest BCUT2D eigenvalue weighted by molar-refractivity contribution is 7.11. The lowest BCUT2D eigenvalue weighted by Gasteiger charge is -1.98. The predicted octanol–water partition coefficient (Wildman–Crippen LogP) is -0.275. The zero-order valence-electron chi connectivity index (χ0n) is 8.11. The van der Waals surface area contributed by atoms with Crippen molar-refractivity contribution in [2.45, 2.75) is 13.5 Å². The molecule has 0 aliphatic rings. The highest BCUT2D eigenvalue weighted by Gasteiger charge is 2.13. The van der Waals surface area contributed by atoms with E-state index in [1.54, 1.807) is 6.92 Å². The average molecular weight is 229 g/mol. The third kappa shape index (κ3) is 3.00. The van der Waals surface area contributed by atoms with E-state index in [0.29, 0.717) is 9.88 Å². The number of aryl methyl sites for hydroxylation is 1. The summed E-state index contributed by atoms with van der Waals surface area (Å²) in [6.45, 7) is 1.81. The minimum Gasteiger partial charge on any atom is -0.476 e. The number of carboxylic acid groups (broad SMARTS) is 1. The summed E-state index contributed by atoms with van der Waals surface area (Å²) in [5.74, 6) is -1.35. The topological polar surface area (TPSA) is 105 Å². The first kappa shape index (κ1) is 11.6. The quantitative estimate of drug-likeness (QED) is 0.658. The minimum absolute atomic E-state index is 0.0389. The van der Waals surface area contributed by atoms with E-state index in [0.717, 1.165) is 0 Å². The van der Waals surface area contributed by atoms with E-state index < -0.39 is 5.97 Å². The van der Waals surface area contributed by atoms with Crippen molar-refractivity contribution < 1.29 is 14.7 Å². The number of nitrogens with one attached hydrogen (secondary N) is 1. The normalized spacial score (nSPS) is 10.0. The molecule has 0 aromatic carbocycles. The number of nitrogens with two attached hydrogens (primary N) is 1. The Balaban J connectivity index is 2.67. The van der Waals surface area contributed by atoms with E-state index in [1.807, 2.05) is 0 Å². The molecule has 82 valence electrons. The maximum Gasteiger partial charge on any atom is 0.355 e. The summed E-state index contributed by atoms with van der Waals surface area (Å²) in [5, 5.41) is 11.8. The summed E-state index contributed by atoms with van der Waals surface area (Å²) in [6.07, 6.45) is 0. The van der Waals surface area contributed by atoms with Crippen LogP contribution in [0.1, 0.15) is 20.4 Å². The van der Waals surface area contributed by atoms with Crippen molar-refractivity contribution in [3.8, 4) is 0 Å². The van der Waals surface area contributed by atoms with E-state index in [2.05, 4.69) is 10.3 Å². The Hall–Kier alpha value is -1.47. The lowest BCUT2D eigenvalue weighted by Crippen LogP contribution is -2.29. The Morgan fingerprint density at radius 2 is 2.27 bits per heavy atom. The lowest BCUT2D eigenvalue weighted by atomic mass is 10.4. The number of rotatable bonds is 4. The third-order valence-electron chi connectivity index (χ3n) is 1.67. The Bertz CT molecular complexity index is 388. The number of thiazole rings is 1. The van der Waals surface area contributed by atoms with Gasteiger partial charge in [-0.2, -0.15) is 0 Å². The van der Waals surface area contributed by atoms with Crippen molar-refractivity contribution in [3.63, 3.8) is 0 Å². The van der Waals surface area contributed by atoms with E-state index in [4.69, 9.17) is 10.8 Å². The number of amides is 1. The Morgan fingerprint density at radius 3 is 2.73 bits per heavy atom. The molecule has 15 heavy (non-hydrogen) atoms. The maximum absolute atomic E-state index is 10.8. The van der Waals surface area contributed by atoms with E-state index in [9.17, 15) is 9.59 Å². The summed E-state index contributed by atoms with van der Waals surface area (Å²) >= 11 is 1.25. The van der Waals surface area contributed by atoms with Gasteiger partial charge in [-0.25, -0.2) is 9.78 Å². The summed E-state index contributed by atoms with van der Waals surface area (Å²) in [7, 11) is 0. The molecule has 4 N–H and O–H groups in total. The second kappa shape index (κ2) is 4.85.